The fraction of sp³-hybridized carbons (Fsp3) is 0.368. The Morgan fingerprint density at radius 1 is 1.10 bits per heavy atom. The molecule has 0 radical (unpaired) electrons. The first kappa shape index (κ1) is 14.2. The van der Waals surface area contributed by atoms with Gasteiger partial charge < -0.3 is 10.1 Å². The minimum Gasteiger partial charge on any atom is -0.497 e. The molecule has 110 valence electrons. The van der Waals surface area contributed by atoms with Crippen LogP contribution in [0.15, 0.2) is 42.5 Å². The van der Waals surface area contributed by atoms with Crippen LogP contribution in [0.3, 0.4) is 0 Å². The summed E-state index contributed by atoms with van der Waals surface area (Å²) >= 11 is 0. The van der Waals surface area contributed by atoms with Gasteiger partial charge in [-0.25, -0.2) is 0 Å². The zero-order valence-electron chi connectivity index (χ0n) is 12.9. The Labute approximate surface area is 127 Å². The SMILES string of the molecule is CNC(Cc1cccc(OC)c1)c1ccc2c(c1)CCC2. The van der Waals surface area contributed by atoms with E-state index >= 15 is 0 Å². The van der Waals surface area contributed by atoms with Crippen LogP contribution >= 0.6 is 0 Å². The van der Waals surface area contributed by atoms with Gasteiger partial charge in [0.25, 0.3) is 0 Å². The first-order chi connectivity index (χ1) is 10.3. The minimum atomic E-state index is 0.350. The molecule has 0 saturated carbocycles. The number of benzene rings is 2. The third kappa shape index (κ3) is 3.11. The summed E-state index contributed by atoms with van der Waals surface area (Å²) in [5.41, 5.74) is 5.77. The Balaban J connectivity index is 1.81. The molecule has 0 aromatic heterocycles. The largest absolute Gasteiger partial charge is 0.497 e. The number of hydrogen-bond donors (Lipinski definition) is 1. The van der Waals surface area contributed by atoms with E-state index < -0.39 is 0 Å². The van der Waals surface area contributed by atoms with Gasteiger partial charge in [-0.15, -0.1) is 0 Å². The third-order valence-corrected chi connectivity index (χ3v) is 4.45. The molecule has 0 fully saturated rings. The molecule has 0 spiro atoms. The number of rotatable bonds is 5. The van der Waals surface area contributed by atoms with Crippen molar-refractivity contribution in [3.05, 3.63) is 64.7 Å². The Morgan fingerprint density at radius 3 is 2.76 bits per heavy atom. The van der Waals surface area contributed by atoms with Gasteiger partial charge in [0.05, 0.1) is 7.11 Å². The fourth-order valence-electron chi connectivity index (χ4n) is 3.23. The molecule has 0 amide bonds. The van der Waals surface area contributed by atoms with Gasteiger partial charge in [0.2, 0.25) is 0 Å². The average molecular weight is 281 g/mol. The second-order valence-electron chi connectivity index (χ2n) is 5.78. The van der Waals surface area contributed by atoms with Crippen LogP contribution in [0.4, 0.5) is 0 Å². The number of fused-ring (bicyclic) bond motifs is 1. The highest BCUT2D eigenvalue weighted by Gasteiger charge is 2.15. The molecule has 21 heavy (non-hydrogen) atoms. The molecule has 2 aromatic rings. The van der Waals surface area contributed by atoms with E-state index in [1.54, 1.807) is 12.7 Å². The Hall–Kier alpha value is -1.80. The smallest absolute Gasteiger partial charge is 0.119 e. The van der Waals surface area contributed by atoms with Crippen molar-refractivity contribution in [3.8, 4) is 5.75 Å². The lowest BCUT2D eigenvalue weighted by atomic mass is 9.96. The summed E-state index contributed by atoms with van der Waals surface area (Å²) in [5, 5.41) is 3.45. The molecule has 1 aliphatic rings. The van der Waals surface area contributed by atoms with Crippen LogP contribution < -0.4 is 10.1 Å². The Bertz CT molecular complexity index is 621. The van der Waals surface area contributed by atoms with E-state index in [2.05, 4.69) is 41.7 Å². The molecule has 0 bridgehead atoms. The molecule has 0 saturated heterocycles. The van der Waals surface area contributed by atoms with Gasteiger partial charge in [0.15, 0.2) is 0 Å². The highest BCUT2D eigenvalue weighted by atomic mass is 16.5. The lowest BCUT2D eigenvalue weighted by Crippen LogP contribution is -2.19. The van der Waals surface area contributed by atoms with Crippen LogP contribution in [0, 0.1) is 0 Å². The Morgan fingerprint density at radius 2 is 1.95 bits per heavy atom. The van der Waals surface area contributed by atoms with Crippen molar-refractivity contribution >= 4 is 0 Å². The molecule has 1 N–H and O–H groups in total. The van der Waals surface area contributed by atoms with Crippen molar-refractivity contribution in [1.82, 2.24) is 5.32 Å². The van der Waals surface area contributed by atoms with E-state index in [1.165, 1.54) is 36.0 Å². The second kappa shape index (κ2) is 6.31. The maximum atomic E-state index is 5.32. The number of nitrogens with one attached hydrogen (secondary N) is 1. The predicted octanol–water partition coefficient (Wildman–Crippen LogP) is 3.69. The molecule has 1 atom stereocenters. The van der Waals surface area contributed by atoms with E-state index in [0.29, 0.717) is 6.04 Å². The van der Waals surface area contributed by atoms with Gasteiger partial charge in [-0.2, -0.15) is 0 Å². The Kier molecular flexibility index (Phi) is 4.26. The predicted molar refractivity (Wildman–Crippen MR) is 87.0 cm³/mol. The molecular formula is C19H23NO. The third-order valence-electron chi connectivity index (χ3n) is 4.45. The van der Waals surface area contributed by atoms with E-state index in [4.69, 9.17) is 4.74 Å². The molecule has 2 nitrogen and oxygen atoms in total. The summed E-state index contributed by atoms with van der Waals surface area (Å²) in [7, 11) is 3.76. The van der Waals surface area contributed by atoms with Crippen LogP contribution in [-0.2, 0) is 19.3 Å². The molecule has 1 aliphatic carbocycles. The monoisotopic (exact) mass is 281 g/mol. The first-order valence-corrected chi connectivity index (χ1v) is 7.72. The van der Waals surface area contributed by atoms with E-state index in [1.807, 2.05) is 13.1 Å². The zero-order valence-corrected chi connectivity index (χ0v) is 12.9. The van der Waals surface area contributed by atoms with Crippen LogP contribution in [0.2, 0.25) is 0 Å². The van der Waals surface area contributed by atoms with Gasteiger partial charge in [-0.1, -0.05) is 30.3 Å². The first-order valence-electron chi connectivity index (χ1n) is 7.72. The van der Waals surface area contributed by atoms with E-state index in [9.17, 15) is 0 Å². The van der Waals surface area contributed by atoms with Gasteiger partial charge >= 0.3 is 0 Å². The zero-order chi connectivity index (χ0) is 14.7. The molecule has 1 unspecified atom stereocenters. The number of hydrogen-bond acceptors (Lipinski definition) is 2. The van der Waals surface area contributed by atoms with Crippen LogP contribution in [0.1, 0.15) is 34.7 Å². The normalized spacial score (nSPS) is 14.8. The van der Waals surface area contributed by atoms with Crippen molar-refractivity contribution in [2.24, 2.45) is 0 Å². The highest BCUT2D eigenvalue weighted by Crippen LogP contribution is 2.27. The van der Waals surface area contributed by atoms with Gasteiger partial charge in [0, 0.05) is 6.04 Å². The standard InChI is InChI=1S/C19H23NO/c1-20-19(12-14-5-3-8-18(11-14)21-2)17-10-9-15-6-4-7-16(15)13-17/h3,5,8-11,13,19-20H,4,6-7,12H2,1-2H3. The molecule has 0 aliphatic heterocycles. The molecule has 2 heteroatoms. The van der Waals surface area contributed by atoms with Crippen molar-refractivity contribution in [1.29, 1.82) is 0 Å². The van der Waals surface area contributed by atoms with Gasteiger partial charge in [-0.3, -0.25) is 0 Å². The quantitative estimate of drug-likeness (QED) is 0.902. The number of likely N-dealkylation sites (N-methyl/N-ethyl adjacent to an activating group) is 1. The lowest BCUT2D eigenvalue weighted by Gasteiger charge is -2.18. The molecular weight excluding hydrogens is 258 g/mol. The molecule has 3 rings (SSSR count). The van der Waals surface area contributed by atoms with Gasteiger partial charge in [0.1, 0.15) is 5.75 Å². The summed E-state index contributed by atoms with van der Waals surface area (Å²) in [6.07, 6.45) is 4.76. The maximum absolute atomic E-state index is 5.32. The fourth-order valence-corrected chi connectivity index (χ4v) is 3.23. The topological polar surface area (TPSA) is 21.3 Å². The van der Waals surface area contributed by atoms with E-state index in [-0.39, 0.29) is 0 Å². The summed E-state index contributed by atoms with van der Waals surface area (Å²) in [6, 6.07) is 15.7. The summed E-state index contributed by atoms with van der Waals surface area (Å²) in [5.74, 6) is 0.927. The molecule has 2 aromatic carbocycles. The summed E-state index contributed by atoms with van der Waals surface area (Å²) in [4.78, 5) is 0. The summed E-state index contributed by atoms with van der Waals surface area (Å²) in [6.45, 7) is 0. The second-order valence-corrected chi connectivity index (χ2v) is 5.78. The van der Waals surface area contributed by atoms with Crippen molar-refractivity contribution < 1.29 is 4.74 Å². The average Bonchev–Trinajstić information content (AvgIpc) is 3.00. The van der Waals surface area contributed by atoms with Crippen molar-refractivity contribution in [2.45, 2.75) is 31.7 Å². The molecule has 0 heterocycles. The maximum Gasteiger partial charge on any atom is 0.119 e. The van der Waals surface area contributed by atoms with Crippen molar-refractivity contribution in [2.75, 3.05) is 14.2 Å². The highest BCUT2D eigenvalue weighted by molar-refractivity contribution is 5.37. The van der Waals surface area contributed by atoms with Crippen molar-refractivity contribution in [3.63, 3.8) is 0 Å². The summed E-state index contributed by atoms with van der Waals surface area (Å²) < 4.78 is 5.32. The number of ether oxygens (including phenoxy) is 1. The van der Waals surface area contributed by atoms with Crippen LogP contribution in [0.25, 0.3) is 0 Å². The lowest BCUT2D eigenvalue weighted by molar-refractivity contribution is 0.414. The van der Waals surface area contributed by atoms with Crippen LogP contribution in [0.5, 0.6) is 5.75 Å². The minimum absolute atomic E-state index is 0.350. The van der Waals surface area contributed by atoms with E-state index in [0.717, 1.165) is 12.2 Å². The van der Waals surface area contributed by atoms with Crippen LogP contribution in [-0.4, -0.2) is 14.2 Å². The number of aryl methyl sites for hydroxylation is 2. The van der Waals surface area contributed by atoms with Gasteiger partial charge in [-0.05, 0) is 67.1 Å². The number of methoxy groups -OCH3 is 1.